The Morgan fingerprint density at radius 3 is 2.52 bits per heavy atom. The van der Waals surface area contributed by atoms with Crippen LogP contribution in [0.2, 0.25) is 0 Å². The zero-order chi connectivity index (χ0) is 16.0. The topological polar surface area (TPSA) is 42.8 Å². The minimum absolute atomic E-state index is 0.0889. The number of carbonyl (C=O) groups is 1. The van der Waals surface area contributed by atoms with E-state index < -0.39 is 0 Å². The highest BCUT2D eigenvalue weighted by atomic mass is 16.5. The van der Waals surface area contributed by atoms with E-state index in [1.54, 1.807) is 7.11 Å². The molecule has 1 unspecified atom stereocenters. The summed E-state index contributed by atoms with van der Waals surface area (Å²) in [5.41, 5.74) is 2.18. The maximum absolute atomic E-state index is 12.1. The summed E-state index contributed by atoms with van der Waals surface area (Å²) < 4.78 is 5.42. The van der Waals surface area contributed by atoms with E-state index >= 15 is 0 Å². The summed E-state index contributed by atoms with van der Waals surface area (Å²) in [4.78, 5) is 13.3. The zero-order valence-electron chi connectivity index (χ0n) is 14.2. The molecule has 0 radical (unpaired) electrons. The minimum Gasteiger partial charge on any atom is -0.496 e. The van der Waals surface area contributed by atoms with Crippen LogP contribution in [0.4, 0.5) is 0 Å². The van der Waals surface area contributed by atoms with Gasteiger partial charge in [-0.2, -0.15) is 0 Å². The van der Waals surface area contributed by atoms with Crippen molar-refractivity contribution < 1.29 is 14.4 Å². The molecule has 1 amide bonds. The number of likely N-dealkylation sites (N-methyl/N-ethyl adjacent to an activating group) is 1. The molecule has 0 fully saturated rings. The summed E-state index contributed by atoms with van der Waals surface area (Å²) in [6.45, 7) is 12.3. The molecule has 0 heterocycles. The molecule has 1 rings (SSSR count). The lowest BCUT2D eigenvalue weighted by Crippen LogP contribution is -3.11. The standard InChI is InChI=1S/C17H28N2O2/c1-7-19(12-16(20)18-17(3,4)5)11-14-10-13(2)8-9-15(14)21-6/h8-10H,7,11-12H2,1-6H3,(H,18,20)/p+1. The molecule has 0 saturated carbocycles. The van der Waals surface area contributed by atoms with Gasteiger partial charge in [-0.1, -0.05) is 11.6 Å². The number of aryl methyl sites for hydroxylation is 1. The Hall–Kier alpha value is -1.55. The highest BCUT2D eigenvalue weighted by molar-refractivity contribution is 5.77. The molecule has 0 aromatic heterocycles. The normalized spacial score (nSPS) is 12.9. The van der Waals surface area contributed by atoms with Crippen molar-refractivity contribution >= 4 is 5.91 Å². The van der Waals surface area contributed by atoms with Gasteiger partial charge < -0.3 is 15.0 Å². The van der Waals surface area contributed by atoms with Crippen molar-refractivity contribution in [2.24, 2.45) is 0 Å². The predicted molar refractivity (Wildman–Crippen MR) is 85.7 cm³/mol. The number of benzene rings is 1. The fourth-order valence-corrected chi connectivity index (χ4v) is 2.32. The largest absolute Gasteiger partial charge is 0.496 e. The SMILES string of the molecule is CC[NH+](CC(=O)NC(C)(C)C)Cc1cc(C)ccc1OC. The lowest BCUT2D eigenvalue weighted by molar-refractivity contribution is -0.904. The second-order valence-electron chi connectivity index (χ2n) is 6.57. The van der Waals surface area contributed by atoms with Gasteiger partial charge in [0.05, 0.1) is 13.7 Å². The van der Waals surface area contributed by atoms with Crippen molar-refractivity contribution in [3.8, 4) is 5.75 Å². The number of nitrogens with one attached hydrogen (secondary N) is 2. The van der Waals surface area contributed by atoms with Crippen molar-refractivity contribution in [2.45, 2.75) is 46.7 Å². The molecule has 4 heteroatoms. The van der Waals surface area contributed by atoms with Gasteiger partial charge in [-0.25, -0.2) is 0 Å². The smallest absolute Gasteiger partial charge is 0.275 e. The maximum Gasteiger partial charge on any atom is 0.275 e. The van der Waals surface area contributed by atoms with E-state index in [1.807, 2.05) is 32.9 Å². The van der Waals surface area contributed by atoms with Crippen LogP contribution in [0.5, 0.6) is 5.75 Å². The van der Waals surface area contributed by atoms with Gasteiger partial charge >= 0.3 is 0 Å². The minimum atomic E-state index is -0.184. The molecular formula is C17H29N2O2+. The number of methoxy groups -OCH3 is 1. The number of hydrogen-bond acceptors (Lipinski definition) is 2. The van der Waals surface area contributed by atoms with E-state index in [2.05, 4.69) is 25.2 Å². The number of ether oxygens (including phenoxy) is 1. The predicted octanol–water partition coefficient (Wildman–Crippen LogP) is 1.32. The van der Waals surface area contributed by atoms with E-state index in [9.17, 15) is 4.79 Å². The van der Waals surface area contributed by atoms with Gasteiger partial charge in [0.2, 0.25) is 0 Å². The number of rotatable bonds is 6. The second-order valence-corrected chi connectivity index (χ2v) is 6.57. The molecule has 1 aromatic carbocycles. The van der Waals surface area contributed by atoms with Gasteiger partial charge in [-0.15, -0.1) is 0 Å². The zero-order valence-corrected chi connectivity index (χ0v) is 14.2. The Labute approximate surface area is 128 Å². The molecule has 0 spiro atoms. The Kier molecular flexibility index (Phi) is 6.21. The van der Waals surface area contributed by atoms with Crippen LogP contribution in [0.25, 0.3) is 0 Å². The van der Waals surface area contributed by atoms with Gasteiger partial charge in [0, 0.05) is 11.1 Å². The Balaban J connectivity index is 2.74. The van der Waals surface area contributed by atoms with E-state index in [0.29, 0.717) is 6.54 Å². The Bertz CT molecular complexity index is 478. The van der Waals surface area contributed by atoms with Gasteiger partial charge in [-0.05, 0) is 46.8 Å². The van der Waals surface area contributed by atoms with Crippen LogP contribution in [-0.4, -0.2) is 31.6 Å². The summed E-state index contributed by atoms with van der Waals surface area (Å²) in [5, 5.41) is 3.02. The molecule has 0 aliphatic heterocycles. The number of amides is 1. The molecule has 118 valence electrons. The third-order valence-corrected chi connectivity index (χ3v) is 3.30. The molecule has 0 bridgehead atoms. The molecular weight excluding hydrogens is 264 g/mol. The summed E-state index contributed by atoms with van der Waals surface area (Å²) in [5.74, 6) is 0.980. The van der Waals surface area contributed by atoms with Gasteiger partial charge in [0.25, 0.3) is 5.91 Å². The van der Waals surface area contributed by atoms with Crippen LogP contribution in [0, 0.1) is 6.92 Å². The molecule has 0 saturated heterocycles. The van der Waals surface area contributed by atoms with E-state index in [4.69, 9.17) is 4.74 Å². The van der Waals surface area contributed by atoms with Crippen LogP contribution in [-0.2, 0) is 11.3 Å². The van der Waals surface area contributed by atoms with E-state index in [0.717, 1.165) is 24.4 Å². The fraction of sp³-hybridized carbons (Fsp3) is 0.588. The summed E-state index contributed by atoms with van der Waals surface area (Å²) >= 11 is 0. The molecule has 1 aromatic rings. The van der Waals surface area contributed by atoms with E-state index in [-0.39, 0.29) is 11.4 Å². The van der Waals surface area contributed by atoms with Crippen molar-refractivity contribution in [3.05, 3.63) is 29.3 Å². The third kappa shape index (κ3) is 6.17. The van der Waals surface area contributed by atoms with Crippen molar-refractivity contribution in [1.29, 1.82) is 0 Å². The quantitative estimate of drug-likeness (QED) is 0.831. The van der Waals surface area contributed by atoms with Crippen molar-refractivity contribution in [1.82, 2.24) is 5.32 Å². The van der Waals surface area contributed by atoms with Crippen LogP contribution in [0.3, 0.4) is 0 Å². The first-order chi connectivity index (χ1) is 9.75. The van der Waals surface area contributed by atoms with Gasteiger partial charge in [-0.3, -0.25) is 4.79 Å². The monoisotopic (exact) mass is 293 g/mol. The fourth-order valence-electron chi connectivity index (χ4n) is 2.32. The summed E-state index contributed by atoms with van der Waals surface area (Å²) in [6.07, 6.45) is 0. The van der Waals surface area contributed by atoms with Crippen LogP contribution in [0.15, 0.2) is 18.2 Å². The lowest BCUT2D eigenvalue weighted by atomic mass is 10.1. The third-order valence-electron chi connectivity index (χ3n) is 3.30. The van der Waals surface area contributed by atoms with Crippen molar-refractivity contribution in [3.63, 3.8) is 0 Å². The molecule has 4 nitrogen and oxygen atoms in total. The number of carbonyl (C=O) groups excluding carboxylic acids is 1. The van der Waals surface area contributed by atoms with Crippen molar-refractivity contribution in [2.75, 3.05) is 20.2 Å². The summed E-state index contributed by atoms with van der Waals surface area (Å²) in [7, 11) is 1.69. The van der Waals surface area contributed by atoms with Crippen LogP contribution >= 0.6 is 0 Å². The first-order valence-electron chi connectivity index (χ1n) is 7.53. The van der Waals surface area contributed by atoms with Crippen LogP contribution < -0.4 is 15.0 Å². The summed E-state index contributed by atoms with van der Waals surface area (Å²) in [6, 6.07) is 6.17. The molecule has 2 N–H and O–H groups in total. The first kappa shape index (κ1) is 17.5. The van der Waals surface area contributed by atoms with Gasteiger partial charge in [0.15, 0.2) is 6.54 Å². The average Bonchev–Trinajstić information content (AvgIpc) is 2.36. The molecule has 21 heavy (non-hydrogen) atoms. The average molecular weight is 293 g/mol. The number of hydrogen-bond donors (Lipinski definition) is 2. The Morgan fingerprint density at radius 2 is 2.00 bits per heavy atom. The maximum atomic E-state index is 12.1. The highest BCUT2D eigenvalue weighted by Crippen LogP contribution is 2.18. The van der Waals surface area contributed by atoms with Crippen LogP contribution in [0.1, 0.15) is 38.8 Å². The molecule has 1 atom stereocenters. The highest BCUT2D eigenvalue weighted by Gasteiger charge is 2.19. The van der Waals surface area contributed by atoms with E-state index in [1.165, 1.54) is 10.5 Å². The Morgan fingerprint density at radius 1 is 1.33 bits per heavy atom. The first-order valence-corrected chi connectivity index (χ1v) is 7.53. The second kappa shape index (κ2) is 7.46. The van der Waals surface area contributed by atoms with Gasteiger partial charge in [0.1, 0.15) is 12.3 Å². The number of quaternary nitrogens is 1. The molecule has 0 aliphatic rings. The molecule has 0 aliphatic carbocycles. The lowest BCUT2D eigenvalue weighted by Gasteiger charge is -2.23.